The number of carbonyl (C=O) groups is 1. The summed E-state index contributed by atoms with van der Waals surface area (Å²) in [4.78, 5) is 24.0. The maximum Gasteiger partial charge on any atom is 0.368 e. The van der Waals surface area contributed by atoms with Gasteiger partial charge in [-0.05, 0) is 42.0 Å². The molecule has 0 bridgehead atoms. The van der Waals surface area contributed by atoms with Crippen LogP contribution in [0.3, 0.4) is 0 Å². The molecule has 2 atom stereocenters. The Kier molecular flexibility index (Phi) is 5.46. The summed E-state index contributed by atoms with van der Waals surface area (Å²) in [5, 5.41) is 7.70. The molecule has 8 heteroatoms. The number of tetrazole rings is 1. The van der Waals surface area contributed by atoms with Gasteiger partial charge in [-0.2, -0.15) is 9.36 Å². The van der Waals surface area contributed by atoms with Gasteiger partial charge in [-0.3, -0.25) is 4.79 Å². The maximum absolute atomic E-state index is 12.2. The molecule has 0 saturated carbocycles. The Labute approximate surface area is 165 Å². The number of ether oxygens (including phenoxy) is 1. The lowest BCUT2D eigenvalue weighted by atomic mass is 9.86. The van der Waals surface area contributed by atoms with E-state index < -0.39 is 0 Å². The zero-order chi connectivity index (χ0) is 19.7. The maximum atomic E-state index is 12.2. The standard InChI is InChI=1S/C19H21BrN4O3/c1-11-6-5-7-16(24-19(26)23(4)21-22-24)15(11)10-27-17-9-8-14(13(3)25)12(2)18(17)20/h5-9,12,14H,10H2,1-4H3. The highest BCUT2D eigenvalue weighted by Crippen LogP contribution is 2.35. The van der Waals surface area contributed by atoms with Crippen molar-refractivity contribution < 1.29 is 9.53 Å². The average Bonchev–Trinajstić information content (AvgIpc) is 2.95. The lowest BCUT2D eigenvalue weighted by Gasteiger charge is -2.25. The van der Waals surface area contributed by atoms with E-state index in [0.29, 0.717) is 11.4 Å². The summed E-state index contributed by atoms with van der Waals surface area (Å²) in [5.41, 5.74) is 2.15. The van der Waals surface area contributed by atoms with Gasteiger partial charge in [0.2, 0.25) is 0 Å². The topological polar surface area (TPSA) is 79.0 Å². The van der Waals surface area contributed by atoms with Crippen LogP contribution in [0.1, 0.15) is 25.0 Å². The van der Waals surface area contributed by atoms with Crippen molar-refractivity contribution in [1.29, 1.82) is 0 Å². The molecule has 7 nitrogen and oxygen atoms in total. The molecule has 27 heavy (non-hydrogen) atoms. The number of allylic oxidation sites excluding steroid dienone is 3. The SMILES string of the molecule is CC(=O)C1C=CC(OCc2c(C)cccc2-n2nnn(C)c2=O)=C(Br)C1C. The minimum atomic E-state index is -0.322. The molecule has 2 aromatic rings. The Bertz CT molecular complexity index is 1000. The number of hydrogen-bond donors (Lipinski definition) is 0. The van der Waals surface area contributed by atoms with E-state index in [1.54, 1.807) is 14.0 Å². The second-order valence-electron chi connectivity index (χ2n) is 6.65. The molecular weight excluding hydrogens is 412 g/mol. The third-order valence-electron chi connectivity index (χ3n) is 4.81. The summed E-state index contributed by atoms with van der Waals surface area (Å²) in [6, 6.07) is 5.64. The molecule has 3 rings (SSSR count). The van der Waals surface area contributed by atoms with E-state index in [0.717, 1.165) is 15.6 Å². The molecule has 0 N–H and O–H groups in total. The van der Waals surface area contributed by atoms with Crippen LogP contribution in [-0.4, -0.2) is 25.6 Å². The lowest BCUT2D eigenvalue weighted by Crippen LogP contribution is -2.23. The number of hydrogen-bond acceptors (Lipinski definition) is 5. The summed E-state index contributed by atoms with van der Waals surface area (Å²) in [6.45, 7) is 5.80. The molecule has 0 fully saturated rings. The Morgan fingerprint density at radius 3 is 2.70 bits per heavy atom. The Balaban J connectivity index is 1.90. The van der Waals surface area contributed by atoms with Crippen molar-refractivity contribution in [1.82, 2.24) is 19.8 Å². The molecule has 142 valence electrons. The number of halogens is 1. The Hall–Kier alpha value is -2.48. The van der Waals surface area contributed by atoms with Crippen molar-refractivity contribution >= 4 is 21.7 Å². The van der Waals surface area contributed by atoms with Gasteiger partial charge in [0, 0.05) is 28.9 Å². The molecule has 0 amide bonds. The fourth-order valence-corrected chi connectivity index (χ4v) is 3.64. The van der Waals surface area contributed by atoms with Crippen LogP contribution < -0.4 is 5.69 Å². The molecule has 1 aromatic carbocycles. The first-order valence-corrected chi connectivity index (χ1v) is 9.39. The van der Waals surface area contributed by atoms with Gasteiger partial charge in [-0.15, -0.1) is 0 Å². The van der Waals surface area contributed by atoms with Gasteiger partial charge in [0.1, 0.15) is 18.1 Å². The van der Waals surface area contributed by atoms with E-state index in [-0.39, 0.29) is 29.9 Å². The number of nitrogens with zero attached hydrogens (tertiary/aromatic N) is 4. The molecular formula is C19H21BrN4O3. The quantitative estimate of drug-likeness (QED) is 0.725. The third kappa shape index (κ3) is 3.66. The normalized spacial score (nSPS) is 19.4. The Morgan fingerprint density at radius 1 is 1.33 bits per heavy atom. The molecule has 1 heterocycles. The van der Waals surface area contributed by atoms with Crippen LogP contribution in [0, 0.1) is 18.8 Å². The molecule has 0 spiro atoms. The summed E-state index contributed by atoms with van der Waals surface area (Å²) in [6.07, 6.45) is 3.70. The van der Waals surface area contributed by atoms with Gasteiger partial charge in [0.25, 0.3) is 0 Å². The molecule has 0 radical (unpaired) electrons. The number of aryl methyl sites for hydroxylation is 2. The highest BCUT2D eigenvalue weighted by atomic mass is 79.9. The summed E-state index contributed by atoms with van der Waals surface area (Å²) in [7, 11) is 1.55. The zero-order valence-electron chi connectivity index (χ0n) is 15.6. The number of aromatic nitrogens is 4. The first kappa shape index (κ1) is 19.3. The third-order valence-corrected chi connectivity index (χ3v) is 5.92. The van der Waals surface area contributed by atoms with Crippen LogP contribution in [0.4, 0.5) is 0 Å². The largest absolute Gasteiger partial charge is 0.488 e. The minimum absolute atomic E-state index is 0.0152. The van der Waals surface area contributed by atoms with Crippen LogP contribution in [-0.2, 0) is 23.2 Å². The molecule has 2 unspecified atom stereocenters. The zero-order valence-corrected chi connectivity index (χ0v) is 17.2. The van der Waals surface area contributed by atoms with Crippen LogP contribution >= 0.6 is 15.9 Å². The first-order chi connectivity index (χ1) is 12.8. The summed E-state index contributed by atoms with van der Waals surface area (Å²) < 4.78 is 9.34. The predicted molar refractivity (Wildman–Crippen MR) is 105 cm³/mol. The highest BCUT2D eigenvalue weighted by molar-refractivity contribution is 9.11. The number of carbonyl (C=O) groups excluding carboxylic acids is 1. The van der Waals surface area contributed by atoms with Crippen molar-refractivity contribution in [3.05, 3.63) is 62.2 Å². The fraction of sp³-hybridized carbons (Fsp3) is 0.368. The van der Waals surface area contributed by atoms with Crippen molar-refractivity contribution in [3.63, 3.8) is 0 Å². The van der Waals surface area contributed by atoms with Gasteiger partial charge in [0.05, 0.1) is 5.69 Å². The van der Waals surface area contributed by atoms with E-state index in [9.17, 15) is 9.59 Å². The van der Waals surface area contributed by atoms with Gasteiger partial charge in [-0.25, -0.2) is 4.79 Å². The van der Waals surface area contributed by atoms with Crippen LogP contribution in [0.5, 0.6) is 0 Å². The number of Topliss-reactive ketones (excluding diaryl/α,β-unsaturated/α-hetero) is 1. The molecule has 1 aliphatic rings. The van der Waals surface area contributed by atoms with Crippen molar-refractivity contribution in [2.24, 2.45) is 18.9 Å². The van der Waals surface area contributed by atoms with E-state index >= 15 is 0 Å². The van der Waals surface area contributed by atoms with Crippen molar-refractivity contribution in [2.45, 2.75) is 27.4 Å². The lowest BCUT2D eigenvalue weighted by molar-refractivity contribution is -0.120. The monoisotopic (exact) mass is 432 g/mol. The van der Waals surface area contributed by atoms with E-state index in [1.807, 2.05) is 44.2 Å². The van der Waals surface area contributed by atoms with Gasteiger partial charge in [-0.1, -0.05) is 41.1 Å². The second-order valence-corrected chi connectivity index (χ2v) is 7.51. The summed E-state index contributed by atoms with van der Waals surface area (Å²) in [5.74, 6) is 0.666. The Morgan fingerprint density at radius 2 is 2.07 bits per heavy atom. The molecule has 0 saturated heterocycles. The molecule has 1 aromatic heterocycles. The first-order valence-electron chi connectivity index (χ1n) is 8.60. The fourth-order valence-electron chi connectivity index (χ4n) is 3.11. The number of rotatable bonds is 5. The van der Waals surface area contributed by atoms with E-state index in [4.69, 9.17) is 4.74 Å². The highest BCUT2D eigenvalue weighted by Gasteiger charge is 2.27. The van der Waals surface area contributed by atoms with Crippen molar-refractivity contribution in [3.8, 4) is 5.69 Å². The smallest absolute Gasteiger partial charge is 0.368 e. The van der Waals surface area contributed by atoms with Gasteiger partial charge < -0.3 is 4.74 Å². The predicted octanol–water partition coefficient (Wildman–Crippen LogP) is 2.81. The molecule has 1 aliphatic carbocycles. The summed E-state index contributed by atoms with van der Waals surface area (Å²) >= 11 is 3.57. The molecule has 0 aliphatic heterocycles. The number of ketones is 1. The van der Waals surface area contributed by atoms with Gasteiger partial charge in [0.15, 0.2) is 0 Å². The van der Waals surface area contributed by atoms with Crippen LogP contribution in [0.2, 0.25) is 0 Å². The number of benzene rings is 1. The van der Waals surface area contributed by atoms with Crippen molar-refractivity contribution in [2.75, 3.05) is 0 Å². The average molecular weight is 433 g/mol. The van der Waals surface area contributed by atoms with Gasteiger partial charge >= 0.3 is 5.69 Å². The van der Waals surface area contributed by atoms with Crippen LogP contribution in [0.25, 0.3) is 5.69 Å². The second kappa shape index (κ2) is 7.64. The van der Waals surface area contributed by atoms with E-state index in [2.05, 4.69) is 26.4 Å². The van der Waals surface area contributed by atoms with Crippen LogP contribution in [0.15, 0.2) is 45.4 Å². The minimum Gasteiger partial charge on any atom is -0.488 e. The van der Waals surface area contributed by atoms with E-state index in [1.165, 1.54) is 9.36 Å².